The maximum Gasteiger partial charge on any atom is 0.239 e. The van der Waals surface area contributed by atoms with Crippen molar-refractivity contribution in [1.82, 2.24) is 5.32 Å². The molecule has 0 atom stereocenters. The highest BCUT2D eigenvalue weighted by Gasteiger charge is 2.35. The van der Waals surface area contributed by atoms with Gasteiger partial charge in [0.05, 0.1) is 0 Å². The Bertz CT molecular complexity index is 516. The molecule has 0 fully saturated rings. The SMILES string of the molecule is CCCNC(=O)C(C)(C)C(=O)Nc1ccc(F)c(F)c1. The summed E-state index contributed by atoms with van der Waals surface area (Å²) in [5.74, 6) is -3.06. The molecule has 6 heteroatoms. The molecular formula is C14H18F2N2O2. The van der Waals surface area contributed by atoms with Crippen LogP contribution in [0.5, 0.6) is 0 Å². The highest BCUT2D eigenvalue weighted by atomic mass is 19.2. The molecule has 4 nitrogen and oxygen atoms in total. The van der Waals surface area contributed by atoms with Gasteiger partial charge in [-0.2, -0.15) is 0 Å². The lowest BCUT2D eigenvalue weighted by Gasteiger charge is -2.22. The average molecular weight is 284 g/mol. The van der Waals surface area contributed by atoms with E-state index in [0.29, 0.717) is 6.54 Å². The summed E-state index contributed by atoms with van der Waals surface area (Å²) in [4.78, 5) is 23.9. The zero-order valence-corrected chi connectivity index (χ0v) is 11.7. The Hall–Kier alpha value is -1.98. The van der Waals surface area contributed by atoms with Crippen molar-refractivity contribution < 1.29 is 18.4 Å². The predicted octanol–water partition coefficient (Wildman–Crippen LogP) is 2.46. The molecule has 0 bridgehead atoms. The quantitative estimate of drug-likeness (QED) is 0.816. The van der Waals surface area contributed by atoms with Gasteiger partial charge in [-0.1, -0.05) is 6.92 Å². The highest BCUT2D eigenvalue weighted by molar-refractivity contribution is 6.09. The number of anilines is 1. The molecule has 1 aromatic rings. The smallest absolute Gasteiger partial charge is 0.239 e. The van der Waals surface area contributed by atoms with Gasteiger partial charge < -0.3 is 10.6 Å². The predicted molar refractivity (Wildman–Crippen MR) is 72.1 cm³/mol. The molecule has 110 valence electrons. The van der Waals surface area contributed by atoms with Gasteiger partial charge in [-0.15, -0.1) is 0 Å². The summed E-state index contributed by atoms with van der Waals surface area (Å²) in [6, 6.07) is 3.01. The van der Waals surface area contributed by atoms with Crippen molar-refractivity contribution in [3.05, 3.63) is 29.8 Å². The molecule has 0 aliphatic heterocycles. The van der Waals surface area contributed by atoms with E-state index < -0.39 is 28.9 Å². The fourth-order valence-corrected chi connectivity index (χ4v) is 1.42. The van der Waals surface area contributed by atoms with Crippen molar-refractivity contribution in [1.29, 1.82) is 0 Å². The Balaban J connectivity index is 2.78. The molecule has 0 radical (unpaired) electrons. The molecule has 0 spiro atoms. The number of carbonyl (C=O) groups excluding carboxylic acids is 2. The Kier molecular flexibility index (Phi) is 5.19. The van der Waals surface area contributed by atoms with E-state index in [2.05, 4.69) is 10.6 Å². The Morgan fingerprint density at radius 2 is 1.80 bits per heavy atom. The van der Waals surface area contributed by atoms with E-state index in [1.165, 1.54) is 19.9 Å². The fourth-order valence-electron chi connectivity index (χ4n) is 1.42. The first-order valence-corrected chi connectivity index (χ1v) is 6.33. The summed E-state index contributed by atoms with van der Waals surface area (Å²) in [5.41, 5.74) is -1.20. The van der Waals surface area contributed by atoms with Gasteiger partial charge in [0.15, 0.2) is 11.6 Å². The van der Waals surface area contributed by atoms with Crippen LogP contribution in [-0.2, 0) is 9.59 Å². The lowest BCUT2D eigenvalue weighted by molar-refractivity contribution is -0.138. The summed E-state index contributed by atoms with van der Waals surface area (Å²) in [5, 5.41) is 5.03. The van der Waals surface area contributed by atoms with Crippen molar-refractivity contribution in [2.75, 3.05) is 11.9 Å². The lowest BCUT2D eigenvalue weighted by atomic mass is 9.91. The second-order valence-corrected chi connectivity index (χ2v) is 4.96. The number of carbonyl (C=O) groups is 2. The number of benzene rings is 1. The van der Waals surface area contributed by atoms with Gasteiger partial charge in [-0.3, -0.25) is 9.59 Å². The first-order valence-electron chi connectivity index (χ1n) is 6.33. The highest BCUT2D eigenvalue weighted by Crippen LogP contribution is 2.20. The summed E-state index contributed by atoms with van der Waals surface area (Å²) >= 11 is 0. The second kappa shape index (κ2) is 6.45. The van der Waals surface area contributed by atoms with E-state index >= 15 is 0 Å². The van der Waals surface area contributed by atoms with Crippen LogP contribution in [0.1, 0.15) is 27.2 Å². The summed E-state index contributed by atoms with van der Waals surface area (Å²) < 4.78 is 25.8. The Labute approximate surface area is 116 Å². The molecule has 1 aromatic carbocycles. The molecule has 0 aliphatic carbocycles. The van der Waals surface area contributed by atoms with E-state index in [4.69, 9.17) is 0 Å². The van der Waals surface area contributed by atoms with Gasteiger partial charge in [-0.25, -0.2) is 8.78 Å². The van der Waals surface area contributed by atoms with Crippen LogP contribution in [0.15, 0.2) is 18.2 Å². The van der Waals surface area contributed by atoms with Crippen LogP contribution in [0.3, 0.4) is 0 Å². The van der Waals surface area contributed by atoms with Gasteiger partial charge in [0.2, 0.25) is 11.8 Å². The van der Waals surface area contributed by atoms with Crippen molar-refractivity contribution in [3.63, 3.8) is 0 Å². The molecule has 2 amide bonds. The minimum Gasteiger partial charge on any atom is -0.355 e. The summed E-state index contributed by atoms with van der Waals surface area (Å²) in [6.07, 6.45) is 0.757. The number of halogens is 2. The van der Waals surface area contributed by atoms with E-state index in [1.807, 2.05) is 6.92 Å². The Morgan fingerprint density at radius 3 is 2.35 bits per heavy atom. The third kappa shape index (κ3) is 3.76. The van der Waals surface area contributed by atoms with Crippen LogP contribution in [0.2, 0.25) is 0 Å². The third-order valence-corrected chi connectivity index (χ3v) is 2.85. The molecule has 0 aliphatic rings. The first kappa shape index (κ1) is 16.1. The van der Waals surface area contributed by atoms with Crippen molar-refractivity contribution in [3.8, 4) is 0 Å². The van der Waals surface area contributed by atoms with Crippen LogP contribution < -0.4 is 10.6 Å². The molecule has 0 saturated carbocycles. The number of hydrogen-bond acceptors (Lipinski definition) is 2. The van der Waals surface area contributed by atoms with Gasteiger partial charge >= 0.3 is 0 Å². The van der Waals surface area contributed by atoms with Gasteiger partial charge in [0, 0.05) is 18.3 Å². The van der Waals surface area contributed by atoms with Crippen LogP contribution in [0.25, 0.3) is 0 Å². The zero-order chi connectivity index (χ0) is 15.3. The van der Waals surface area contributed by atoms with E-state index in [0.717, 1.165) is 18.6 Å². The Morgan fingerprint density at radius 1 is 1.15 bits per heavy atom. The number of hydrogen-bond donors (Lipinski definition) is 2. The molecular weight excluding hydrogens is 266 g/mol. The van der Waals surface area contributed by atoms with Crippen molar-refractivity contribution >= 4 is 17.5 Å². The van der Waals surface area contributed by atoms with Crippen LogP contribution in [0.4, 0.5) is 14.5 Å². The number of rotatable bonds is 5. The van der Waals surface area contributed by atoms with E-state index in [1.54, 1.807) is 0 Å². The minimum atomic E-state index is -1.31. The monoisotopic (exact) mass is 284 g/mol. The topological polar surface area (TPSA) is 58.2 Å². The normalized spacial score (nSPS) is 11.1. The fraction of sp³-hybridized carbons (Fsp3) is 0.429. The van der Waals surface area contributed by atoms with Gasteiger partial charge in [0.25, 0.3) is 0 Å². The summed E-state index contributed by atoms with van der Waals surface area (Å²) in [7, 11) is 0. The second-order valence-electron chi connectivity index (χ2n) is 4.96. The minimum absolute atomic E-state index is 0.102. The molecule has 20 heavy (non-hydrogen) atoms. The maximum atomic E-state index is 13.0. The van der Waals surface area contributed by atoms with Gasteiger partial charge in [-0.05, 0) is 32.4 Å². The molecule has 1 rings (SSSR count). The van der Waals surface area contributed by atoms with Gasteiger partial charge in [0.1, 0.15) is 5.41 Å². The van der Waals surface area contributed by atoms with Crippen molar-refractivity contribution in [2.24, 2.45) is 5.41 Å². The summed E-state index contributed by atoms with van der Waals surface area (Å²) in [6.45, 7) is 5.30. The lowest BCUT2D eigenvalue weighted by Crippen LogP contribution is -2.45. The molecule has 0 unspecified atom stereocenters. The number of amides is 2. The average Bonchev–Trinajstić information content (AvgIpc) is 2.39. The third-order valence-electron chi connectivity index (χ3n) is 2.85. The van der Waals surface area contributed by atoms with Crippen LogP contribution in [-0.4, -0.2) is 18.4 Å². The molecule has 2 N–H and O–H groups in total. The maximum absolute atomic E-state index is 13.0. The van der Waals surface area contributed by atoms with Crippen LogP contribution >= 0.6 is 0 Å². The molecule has 0 saturated heterocycles. The van der Waals surface area contributed by atoms with E-state index in [-0.39, 0.29) is 5.69 Å². The van der Waals surface area contributed by atoms with Crippen molar-refractivity contribution in [2.45, 2.75) is 27.2 Å². The largest absolute Gasteiger partial charge is 0.355 e. The number of nitrogens with one attached hydrogen (secondary N) is 2. The zero-order valence-electron chi connectivity index (χ0n) is 11.7. The standard InChI is InChI=1S/C14H18F2N2O2/c1-4-7-17-12(19)14(2,3)13(20)18-9-5-6-10(15)11(16)8-9/h5-6,8H,4,7H2,1-3H3,(H,17,19)(H,18,20). The van der Waals surface area contributed by atoms with E-state index in [9.17, 15) is 18.4 Å². The van der Waals surface area contributed by atoms with Crippen LogP contribution in [0, 0.1) is 17.0 Å². The molecule has 0 aromatic heterocycles. The molecule has 0 heterocycles. The first-order chi connectivity index (χ1) is 9.28.